The van der Waals surface area contributed by atoms with Gasteiger partial charge < -0.3 is 20.1 Å². The Hall–Kier alpha value is -2.30. The van der Waals surface area contributed by atoms with Crippen molar-refractivity contribution in [1.29, 1.82) is 0 Å². The Balaban J connectivity index is 0.000000233. The molecule has 0 spiro atoms. The molecule has 4 aliphatic rings. The normalized spacial score (nSPS) is 26.2. The standard InChI is InChI=1S/C23H30N2O.C7H8O/c26-23-12-20-19-8-7-16-3-1-2-4-18(16)22(19)24-21(20)11-17(23)9-10-25(14-23)13-15-5-6-15;1-6-2-4-7(8)5-3-6/h7-8,15,17,24,26H,1-6,9-14H2;2-5,8H,1H3. The summed E-state index contributed by atoms with van der Waals surface area (Å²) >= 11 is 0. The zero-order valence-electron chi connectivity index (χ0n) is 20.4. The molecule has 7 rings (SSSR count). The topological polar surface area (TPSA) is 59.5 Å². The molecule has 1 aliphatic heterocycles. The van der Waals surface area contributed by atoms with Crippen molar-refractivity contribution in [3.8, 4) is 5.75 Å². The SMILES string of the molecule is Cc1ccc(O)cc1.OC12Cc3c([nH]c4c5c(ccc34)CCCC5)CC1CCN(CC1CC1)C2. The van der Waals surface area contributed by atoms with Crippen molar-refractivity contribution in [3.05, 3.63) is 64.3 Å². The van der Waals surface area contributed by atoms with Gasteiger partial charge in [-0.15, -0.1) is 0 Å². The van der Waals surface area contributed by atoms with Crippen LogP contribution in [0.4, 0.5) is 0 Å². The largest absolute Gasteiger partial charge is 0.508 e. The van der Waals surface area contributed by atoms with Crippen LogP contribution in [0.5, 0.6) is 5.75 Å². The second kappa shape index (κ2) is 8.73. The molecule has 2 heterocycles. The predicted octanol–water partition coefficient (Wildman–Crippen LogP) is 5.31. The molecular weight excluding hydrogens is 420 g/mol. The lowest BCUT2D eigenvalue weighted by Gasteiger charge is -2.47. The number of nitrogens with one attached hydrogen (secondary N) is 1. The van der Waals surface area contributed by atoms with Crippen LogP contribution in [0.15, 0.2) is 36.4 Å². The van der Waals surface area contributed by atoms with Crippen LogP contribution in [0.25, 0.3) is 10.9 Å². The lowest BCUT2D eigenvalue weighted by molar-refractivity contribution is -0.0825. The molecule has 2 atom stereocenters. The first-order valence-electron chi connectivity index (χ1n) is 13.3. The monoisotopic (exact) mass is 458 g/mol. The Morgan fingerprint density at radius 2 is 1.79 bits per heavy atom. The van der Waals surface area contributed by atoms with Gasteiger partial charge in [-0.05, 0) is 105 Å². The van der Waals surface area contributed by atoms with Crippen molar-refractivity contribution in [2.45, 2.75) is 70.3 Å². The number of hydrogen-bond donors (Lipinski definition) is 3. The number of β-amino-alcohol motifs (C(OH)–C–C–N with tert-alkyl or cyclic N) is 1. The number of phenolic OH excluding ortho intramolecular Hbond substituents is 1. The fourth-order valence-electron chi connectivity index (χ4n) is 6.60. The molecule has 3 aromatic rings. The lowest BCUT2D eigenvalue weighted by atomic mass is 9.70. The smallest absolute Gasteiger partial charge is 0.115 e. The summed E-state index contributed by atoms with van der Waals surface area (Å²) in [6.07, 6.45) is 10.9. The van der Waals surface area contributed by atoms with Gasteiger partial charge in [0.2, 0.25) is 0 Å². The number of piperidine rings is 1. The minimum absolute atomic E-state index is 0.329. The van der Waals surface area contributed by atoms with Crippen molar-refractivity contribution in [2.24, 2.45) is 11.8 Å². The first-order chi connectivity index (χ1) is 16.5. The molecule has 180 valence electrons. The summed E-state index contributed by atoms with van der Waals surface area (Å²) in [4.78, 5) is 6.37. The molecule has 4 heteroatoms. The lowest BCUT2D eigenvalue weighted by Crippen LogP contribution is -2.57. The third-order valence-corrected chi connectivity index (χ3v) is 8.73. The fraction of sp³-hybridized carbons (Fsp3) is 0.533. The number of likely N-dealkylation sites (tertiary alicyclic amines) is 1. The van der Waals surface area contributed by atoms with Gasteiger partial charge >= 0.3 is 0 Å². The van der Waals surface area contributed by atoms with Gasteiger partial charge in [0.05, 0.1) is 5.60 Å². The van der Waals surface area contributed by atoms with Gasteiger partial charge in [-0.3, -0.25) is 0 Å². The average Bonchev–Trinajstić information content (AvgIpc) is 3.58. The van der Waals surface area contributed by atoms with Crippen LogP contribution in [0.3, 0.4) is 0 Å². The fourth-order valence-corrected chi connectivity index (χ4v) is 6.60. The Morgan fingerprint density at radius 3 is 2.56 bits per heavy atom. The molecule has 0 bridgehead atoms. The number of fused-ring (bicyclic) bond motifs is 6. The Labute approximate surface area is 203 Å². The average molecular weight is 459 g/mol. The van der Waals surface area contributed by atoms with Crippen molar-refractivity contribution in [2.75, 3.05) is 19.6 Å². The summed E-state index contributed by atoms with van der Waals surface area (Å²) < 4.78 is 0. The van der Waals surface area contributed by atoms with Gasteiger partial charge in [-0.2, -0.15) is 0 Å². The van der Waals surface area contributed by atoms with E-state index >= 15 is 0 Å². The van der Waals surface area contributed by atoms with E-state index in [1.165, 1.54) is 79.3 Å². The van der Waals surface area contributed by atoms with E-state index < -0.39 is 5.60 Å². The molecule has 2 fully saturated rings. The van der Waals surface area contributed by atoms with Crippen LogP contribution in [0.2, 0.25) is 0 Å². The molecule has 1 saturated carbocycles. The summed E-state index contributed by atoms with van der Waals surface area (Å²) in [5, 5.41) is 21.8. The summed E-state index contributed by atoms with van der Waals surface area (Å²) in [6.45, 7) is 5.25. The highest BCUT2D eigenvalue weighted by molar-refractivity contribution is 5.89. The molecule has 1 aromatic heterocycles. The Bertz CT molecular complexity index is 1160. The first-order valence-corrected chi connectivity index (χ1v) is 13.3. The van der Waals surface area contributed by atoms with Gasteiger partial charge in [-0.25, -0.2) is 0 Å². The number of hydrogen-bond acceptors (Lipinski definition) is 3. The number of H-pyrrole nitrogens is 1. The molecule has 3 aliphatic carbocycles. The van der Waals surface area contributed by atoms with Crippen molar-refractivity contribution in [3.63, 3.8) is 0 Å². The molecular formula is C30H38N2O2. The Kier molecular flexibility index (Phi) is 5.69. The molecule has 2 unspecified atom stereocenters. The van der Waals surface area contributed by atoms with Crippen LogP contribution in [0.1, 0.15) is 60.1 Å². The predicted molar refractivity (Wildman–Crippen MR) is 137 cm³/mol. The highest BCUT2D eigenvalue weighted by atomic mass is 16.3. The number of aryl methyl sites for hydroxylation is 3. The molecule has 4 nitrogen and oxygen atoms in total. The zero-order chi connectivity index (χ0) is 23.3. The van der Waals surface area contributed by atoms with E-state index in [0.29, 0.717) is 11.7 Å². The quantitative estimate of drug-likeness (QED) is 0.488. The van der Waals surface area contributed by atoms with Gasteiger partial charge in [0, 0.05) is 36.1 Å². The zero-order valence-corrected chi connectivity index (χ0v) is 20.4. The highest BCUT2D eigenvalue weighted by Gasteiger charge is 2.46. The highest BCUT2D eigenvalue weighted by Crippen LogP contribution is 2.43. The van der Waals surface area contributed by atoms with E-state index in [1.54, 1.807) is 23.3 Å². The van der Waals surface area contributed by atoms with Crippen LogP contribution < -0.4 is 0 Å². The third kappa shape index (κ3) is 4.27. The minimum Gasteiger partial charge on any atom is -0.508 e. The van der Waals surface area contributed by atoms with Gasteiger partial charge in [0.15, 0.2) is 0 Å². The number of rotatable bonds is 2. The van der Waals surface area contributed by atoms with Gasteiger partial charge in [0.25, 0.3) is 0 Å². The van der Waals surface area contributed by atoms with E-state index in [2.05, 4.69) is 22.0 Å². The van der Waals surface area contributed by atoms with Crippen LogP contribution in [0, 0.1) is 18.8 Å². The first kappa shape index (κ1) is 22.2. The third-order valence-electron chi connectivity index (χ3n) is 8.73. The van der Waals surface area contributed by atoms with E-state index in [4.69, 9.17) is 5.11 Å². The number of aliphatic hydroxyl groups is 1. The minimum atomic E-state index is -0.523. The second-order valence-electron chi connectivity index (χ2n) is 11.4. The molecule has 2 aromatic carbocycles. The maximum Gasteiger partial charge on any atom is 0.115 e. The molecule has 1 saturated heterocycles. The van der Waals surface area contributed by atoms with Crippen molar-refractivity contribution >= 4 is 10.9 Å². The second-order valence-corrected chi connectivity index (χ2v) is 11.4. The number of benzene rings is 2. The molecule has 3 N–H and O–H groups in total. The van der Waals surface area contributed by atoms with Gasteiger partial charge in [0.1, 0.15) is 5.75 Å². The maximum absolute atomic E-state index is 11.6. The summed E-state index contributed by atoms with van der Waals surface area (Å²) in [6, 6.07) is 11.8. The molecule has 0 radical (unpaired) electrons. The Morgan fingerprint density at radius 1 is 1.00 bits per heavy atom. The van der Waals surface area contributed by atoms with Gasteiger partial charge in [-0.1, -0.05) is 29.8 Å². The number of phenols is 1. The van der Waals surface area contributed by atoms with Crippen LogP contribution in [-0.4, -0.2) is 45.3 Å². The van der Waals surface area contributed by atoms with E-state index in [1.807, 2.05) is 19.1 Å². The summed E-state index contributed by atoms with van der Waals surface area (Å²) in [5.74, 6) is 1.67. The maximum atomic E-state index is 11.6. The van der Waals surface area contributed by atoms with Crippen molar-refractivity contribution in [1.82, 2.24) is 9.88 Å². The molecule has 0 amide bonds. The summed E-state index contributed by atoms with van der Waals surface area (Å²) in [5.41, 5.74) is 7.99. The van der Waals surface area contributed by atoms with E-state index in [9.17, 15) is 5.11 Å². The number of aromatic hydroxyl groups is 1. The van der Waals surface area contributed by atoms with Crippen molar-refractivity contribution < 1.29 is 10.2 Å². The van der Waals surface area contributed by atoms with Crippen LogP contribution >= 0.6 is 0 Å². The number of aromatic nitrogens is 1. The summed E-state index contributed by atoms with van der Waals surface area (Å²) in [7, 11) is 0. The van der Waals surface area contributed by atoms with Crippen LogP contribution in [-0.2, 0) is 25.7 Å². The van der Waals surface area contributed by atoms with E-state index in [0.717, 1.165) is 31.7 Å². The number of nitrogens with zero attached hydrogens (tertiary/aromatic N) is 1. The number of aromatic amines is 1. The van der Waals surface area contributed by atoms with E-state index in [-0.39, 0.29) is 0 Å². The molecule has 34 heavy (non-hydrogen) atoms.